The van der Waals surface area contributed by atoms with Crippen molar-refractivity contribution in [2.24, 2.45) is 5.92 Å². The molecule has 2 aromatic rings. The third-order valence-electron chi connectivity index (χ3n) is 7.68. The summed E-state index contributed by atoms with van der Waals surface area (Å²) in [4.78, 5) is 15.7. The summed E-state index contributed by atoms with van der Waals surface area (Å²) in [5.41, 5.74) is 0.285. The smallest absolute Gasteiger partial charge is 0.261 e. The zero-order valence-corrected chi connectivity index (χ0v) is 27.9. The maximum atomic E-state index is 14.2. The number of anilines is 1. The molecule has 0 aliphatic carbocycles. The average molecular weight is 656 g/mol. The molecule has 44 heavy (non-hydrogen) atoms. The standard InChI is InChI=1S/C30H45N3O9S2/c1-21-18-33(22(2)20-34)30(35)27-17-24(31-44(38,39)26-13-11-25(40-5)12-14-26)10-15-28(27)42-23(3)9-7-8-16-41-29(21)19-32(4)43(6,36)37/h10-15,17,21-23,29,31,34H,7-9,16,18-20H2,1-6H3/t21-,22-,23+,29+/m0/s1. The first-order valence-corrected chi connectivity index (χ1v) is 17.9. The number of carbonyl (C=O) groups excluding carboxylic acids is 1. The minimum Gasteiger partial charge on any atom is -0.497 e. The van der Waals surface area contributed by atoms with Gasteiger partial charge in [0.1, 0.15) is 11.5 Å². The number of benzene rings is 2. The zero-order chi connectivity index (χ0) is 32.7. The van der Waals surface area contributed by atoms with Crippen LogP contribution in [0.3, 0.4) is 0 Å². The fourth-order valence-electron chi connectivity index (χ4n) is 4.81. The SMILES string of the molecule is COc1ccc(S(=O)(=O)Nc2ccc3c(c2)C(=O)N([C@@H](C)CO)C[C@H](C)[C@@H](CN(C)S(C)(=O)=O)OCCCC[C@@H](C)O3)cc1. The Bertz CT molecular complexity index is 1470. The second kappa shape index (κ2) is 15.4. The van der Waals surface area contributed by atoms with Crippen LogP contribution in [0.5, 0.6) is 11.5 Å². The Morgan fingerprint density at radius 2 is 1.80 bits per heavy atom. The highest BCUT2D eigenvalue weighted by molar-refractivity contribution is 7.92. The van der Waals surface area contributed by atoms with Crippen molar-refractivity contribution in [3.63, 3.8) is 0 Å². The Morgan fingerprint density at radius 3 is 2.41 bits per heavy atom. The highest BCUT2D eigenvalue weighted by atomic mass is 32.2. The number of aliphatic hydroxyl groups is 1. The maximum Gasteiger partial charge on any atom is 0.261 e. The second-order valence-corrected chi connectivity index (χ2v) is 15.1. The molecule has 0 aromatic heterocycles. The molecule has 2 N–H and O–H groups in total. The molecule has 0 saturated carbocycles. The van der Waals surface area contributed by atoms with Gasteiger partial charge in [0.25, 0.3) is 15.9 Å². The van der Waals surface area contributed by atoms with E-state index in [1.54, 1.807) is 13.0 Å². The summed E-state index contributed by atoms with van der Waals surface area (Å²) >= 11 is 0. The van der Waals surface area contributed by atoms with E-state index in [0.29, 0.717) is 24.5 Å². The van der Waals surface area contributed by atoms with Crippen LogP contribution in [0, 0.1) is 5.92 Å². The number of hydrogen-bond acceptors (Lipinski definition) is 9. The Balaban J connectivity index is 2.02. The van der Waals surface area contributed by atoms with Gasteiger partial charge in [0.15, 0.2) is 0 Å². The summed E-state index contributed by atoms with van der Waals surface area (Å²) in [6, 6.07) is 9.84. The molecule has 0 fully saturated rings. The van der Waals surface area contributed by atoms with Gasteiger partial charge < -0.3 is 24.2 Å². The van der Waals surface area contributed by atoms with Crippen molar-refractivity contribution < 1.29 is 40.9 Å². The first kappa shape index (κ1) is 35.6. The van der Waals surface area contributed by atoms with E-state index >= 15 is 0 Å². The van der Waals surface area contributed by atoms with Gasteiger partial charge in [-0.05, 0) is 75.6 Å². The molecule has 12 nitrogen and oxygen atoms in total. The van der Waals surface area contributed by atoms with Crippen molar-refractivity contribution in [1.29, 1.82) is 0 Å². The van der Waals surface area contributed by atoms with Crippen LogP contribution in [0.2, 0.25) is 0 Å². The third-order valence-corrected chi connectivity index (χ3v) is 10.4. The van der Waals surface area contributed by atoms with Crippen LogP contribution in [-0.4, -0.2) is 102 Å². The van der Waals surface area contributed by atoms with Crippen molar-refractivity contribution in [2.75, 3.05) is 51.4 Å². The van der Waals surface area contributed by atoms with E-state index in [0.717, 1.165) is 19.1 Å². The molecule has 14 heteroatoms. The number of hydrogen-bond donors (Lipinski definition) is 2. The van der Waals surface area contributed by atoms with E-state index in [-0.39, 0.29) is 47.9 Å². The van der Waals surface area contributed by atoms with Gasteiger partial charge in [0, 0.05) is 38.3 Å². The van der Waals surface area contributed by atoms with Gasteiger partial charge in [-0.3, -0.25) is 9.52 Å². The number of fused-ring (bicyclic) bond motifs is 1. The summed E-state index contributed by atoms with van der Waals surface area (Å²) in [5.74, 6) is 0.00733. The summed E-state index contributed by atoms with van der Waals surface area (Å²) in [6.07, 6.45) is 2.53. The summed E-state index contributed by atoms with van der Waals surface area (Å²) in [6.45, 7) is 5.78. The van der Waals surface area contributed by atoms with Crippen molar-refractivity contribution in [2.45, 2.75) is 63.2 Å². The Morgan fingerprint density at radius 1 is 1.11 bits per heavy atom. The number of nitrogens with zero attached hydrogens (tertiary/aromatic N) is 2. The molecule has 1 aliphatic heterocycles. The maximum absolute atomic E-state index is 14.2. The first-order chi connectivity index (χ1) is 20.7. The third kappa shape index (κ3) is 9.54. The number of amides is 1. The van der Waals surface area contributed by atoms with E-state index in [1.807, 2.05) is 13.8 Å². The van der Waals surface area contributed by atoms with E-state index in [2.05, 4.69) is 4.72 Å². The predicted octanol–water partition coefficient (Wildman–Crippen LogP) is 3.18. The molecule has 1 amide bonds. The van der Waals surface area contributed by atoms with Crippen molar-refractivity contribution in [1.82, 2.24) is 9.21 Å². The van der Waals surface area contributed by atoms with Crippen LogP contribution >= 0.6 is 0 Å². The van der Waals surface area contributed by atoms with E-state index in [9.17, 15) is 26.7 Å². The monoisotopic (exact) mass is 655 g/mol. The molecule has 0 radical (unpaired) electrons. The fourth-order valence-corrected chi connectivity index (χ4v) is 6.27. The number of likely N-dealkylation sites (N-methyl/N-ethyl adjacent to an activating group) is 1. The lowest BCUT2D eigenvalue weighted by Crippen LogP contribution is -2.47. The minimum atomic E-state index is -4.00. The zero-order valence-electron chi connectivity index (χ0n) is 26.2. The second-order valence-electron chi connectivity index (χ2n) is 11.3. The molecule has 0 saturated heterocycles. The number of ether oxygens (including phenoxy) is 3. The van der Waals surface area contributed by atoms with Crippen LogP contribution in [0.25, 0.3) is 0 Å². The van der Waals surface area contributed by atoms with Gasteiger partial charge in [-0.15, -0.1) is 0 Å². The lowest BCUT2D eigenvalue weighted by molar-refractivity contribution is -0.00828. The largest absolute Gasteiger partial charge is 0.497 e. The summed E-state index contributed by atoms with van der Waals surface area (Å²) < 4.78 is 71.9. The molecule has 4 atom stereocenters. The predicted molar refractivity (Wildman–Crippen MR) is 168 cm³/mol. The van der Waals surface area contributed by atoms with Crippen LogP contribution in [0.1, 0.15) is 50.4 Å². The number of nitrogens with one attached hydrogen (secondary N) is 1. The van der Waals surface area contributed by atoms with Crippen LogP contribution in [-0.2, 0) is 24.8 Å². The highest BCUT2D eigenvalue weighted by Crippen LogP contribution is 2.30. The molecule has 0 unspecified atom stereocenters. The highest BCUT2D eigenvalue weighted by Gasteiger charge is 2.31. The molecular formula is C30H45N3O9S2. The van der Waals surface area contributed by atoms with E-state index < -0.39 is 38.1 Å². The van der Waals surface area contributed by atoms with Crippen molar-refractivity contribution in [3.8, 4) is 11.5 Å². The van der Waals surface area contributed by atoms with Crippen LogP contribution in [0.4, 0.5) is 5.69 Å². The number of sulfonamides is 2. The summed E-state index contributed by atoms with van der Waals surface area (Å²) in [5, 5.41) is 10.1. The lowest BCUT2D eigenvalue weighted by Gasteiger charge is -2.35. The number of rotatable bonds is 9. The van der Waals surface area contributed by atoms with Crippen LogP contribution in [0.15, 0.2) is 47.4 Å². The summed E-state index contributed by atoms with van der Waals surface area (Å²) in [7, 11) is -4.49. The molecule has 1 heterocycles. The van der Waals surface area contributed by atoms with Crippen molar-refractivity contribution in [3.05, 3.63) is 48.0 Å². The molecule has 0 bridgehead atoms. The van der Waals surface area contributed by atoms with Gasteiger partial charge >= 0.3 is 0 Å². The van der Waals surface area contributed by atoms with Gasteiger partial charge in [0.2, 0.25) is 10.0 Å². The molecule has 3 rings (SSSR count). The Kier molecular flexibility index (Phi) is 12.4. The molecule has 0 spiro atoms. The molecule has 1 aliphatic rings. The van der Waals surface area contributed by atoms with Crippen LogP contribution < -0.4 is 14.2 Å². The fraction of sp³-hybridized carbons (Fsp3) is 0.567. The molecule has 246 valence electrons. The quantitative estimate of drug-likeness (QED) is 0.415. The number of methoxy groups -OCH3 is 1. The Labute approximate surface area is 261 Å². The number of carbonyl (C=O) groups is 1. The van der Waals surface area contributed by atoms with Gasteiger partial charge in [-0.1, -0.05) is 6.92 Å². The van der Waals surface area contributed by atoms with Crippen molar-refractivity contribution >= 4 is 31.6 Å². The number of aliphatic hydroxyl groups excluding tert-OH is 1. The van der Waals surface area contributed by atoms with E-state index in [1.165, 1.54) is 59.8 Å². The van der Waals surface area contributed by atoms with E-state index in [4.69, 9.17) is 14.2 Å². The Hall–Kier alpha value is -2.91. The molecule has 2 aromatic carbocycles. The lowest BCUT2D eigenvalue weighted by atomic mass is 10.0. The minimum absolute atomic E-state index is 0.0176. The average Bonchev–Trinajstić information content (AvgIpc) is 2.97. The van der Waals surface area contributed by atoms with Gasteiger partial charge in [-0.25, -0.2) is 21.1 Å². The first-order valence-electron chi connectivity index (χ1n) is 14.6. The normalized spacial score (nSPS) is 21.6. The van der Waals surface area contributed by atoms with Gasteiger partial charge in [-0.2, -0.15) is 0 Å². The molecular weight excluding hydrogens is 610 g/mol. The topological polar surface area (TPSA) is 152 Å². The van der Waals surface area contributed by atoms with Gasteiger partial charge in [0.05, 0.1) is 48.7 Å².